The molecule has 0 amide bonds. The normalized spacial score (nSPS) is 12.6. The summed E-state index contributed by atoms with van der Waals surface area (Å²) in [7, 11) is 0. The summed E-state index contributed by atoms with van der Waals surface area (Å²) in [4.78, 5) is 20.7. The number of benzene rings is 2. The van der Waals surface area contributed by atoms with Crippen molar-refractivity contribution in [3.63, 3.8) is 0 Å². The van der Waals surface area contributed by atoms with Gasteiger partial charge in [0.15, 0.2) is 11.7 Å². The molecule has 0 aliphatic heterocycles. The van der Waals surface area contributed by atoms with Crippen molar-refractivity contribution in [2.45, 2.75) is 0 Å². The summed E-state index contributed by atoms with van der Waals surface area (Å²) in [6, 6.07) is 11.9. The van der Waals surface area contributed by atoms with Gasteiger partial charge in [0.05, 0.1) is 33.4 Å². The molecule has 0 saturated carbocycles. The standard InChI is InChI=1S/C16H14N8O4/c17-15(21-19-9-11-5-1-3-7-13(11)23(25)26)16(18)22-20-10-12-6-2-4-8-14(12)24(27)28/h1-10H,(H2,17,21)(H2,18,22)/b19-9-,20-10+. The van der Waals surface area contributed by atoms with Crippen molar-refractivity contribution < 1.29 is 9.85 Å². The number of amidine groups is 2. The third kappa shape index (κ3) is 5.26. The Morgan fingerprint density at radius 1 is 0.750 bits per heavy atom. The van der Waals surface area contributed by atoms with E-state index in [1.54, 1.807) is 12.1 Å². The van der Waals surface area contributed by atoms with Crippen LogP contribution in [0.25, 0.3) is 0 Å². The van der Waals surface area contributed by atoms with Gasteiger partial charge in [-0.25, -0.2) is 0 Å². The van der Waals surface area contributed by atoms with Gasteiger partial charge < -0.3 is 11.5 Å². The lowest BCUT2D eigenvalue weighted by molar-refractivity contribution is -0.385. The summed E-state index contributed by atoms with van der Waals surface area (Å²) < 4.78 is 0. The van der Waals surface area contributed by atoms with Gasteiger partial charge in [-0.3, -0.25) is 20.2 Å². The number of nitrogens with two attached hydrogens (primary N) is 2. The Bertz CT molecular complexity index is 932. The maximum Gasteiger partial charge on any atom is 0.278 e. The first-order valence-electron chi connectivity index (χ1n) is 7.60. The molecule has 2 aromatic rings. The highest BCUT2D eigenvalue weighted by atomic mass is 16.6. The minimum Gasteiger partial charge on any atom is -0.379 e. The van der Waals surface area contributed by atoms with E-state index in [4.69, 9.17) is 11.5 Å². The van der Waals surface area contributed by atoms with Gasteiger partial charge >= 0.3 is 0 Å². The number of para-hydroxylation sites is 2. The molecule has 0 atom stereocenters. The van der Waals surface area contributed by atoms with Gasteiger partial charge in [-0.1, -0.05) is 24.3 Å². The van der Waals surface area contributed by atoms with E-state index in [0.29, 0.717) is 0 Å². The smallest absolute Gasteiger partial charge is 0.278 e. The van der Waals surface area contributed by atoms with Crippen LogP contribution in [0.4, 0.5) is 11.4 Å². The number of rotatable bonds is 6. The Kier molecular flexibility index (Phi) is 6.58. The largest absolute Gasteiger partial charge is 0.379 e. The predicted molar refractivity (Wildman–Crippen MR) is 105 cm³/mol. The summed E-state index contributed by atoms with van der Waals surface area (Å²) in [6.07, 6.45) is 2.30. The highest BCUT2D eigenvalue weighted by molar-refractivity contribution is 6.39. The first kappa shape index (κ1) is 19.8. The van der Waals surface area contributed by atoms with Crippen LogP contribution in [0.5, 0.6) is 0 Å². The van der Waals surface area contributed by atoms with Crippen molar-refractivity contribution >= 4 is 35.5 Å². The van der Waals surface area contributed by atoms with Crippen molar-refractivity contribution in [1.82, 2.24) is 0 Å². The Labute approximate surface area is 157 Å². The molecule has 0 fully saturated rings. The third-order valence-electron chi connectivity index (χ3n) is 3.25. The maximum atomic E-state index is 10.9. The van der Waals surface area contributed by atoms with E-state index in [0.717, 1.165) is 12.4 Å². The van der Waals surface area contributed by atoms with E-state index in [9.17, 15) is 20.2 Å². The van der Waals surface area contributed by atoms with Crippen molar-refractivity contribution in [2.75, 3.05) is 0 Å². The molecule has 0 unspecified atom stereocenters. The first-order valence-corrected chi connectivity index (χ1v) is 7.60. The van der Waals surface area contributed by atoms with Crippen molar-refractivity contribution in [1.29, 1.82) is 0 Å². The Morgan fingerprint density at radius 3 is 1.46 bits per heavy atom. The summed E-state index contributed by atoms with van der Waals surface area (Å²) in [5.41, 5.74) is 11.4. The molecule has 0 bridgehead atoms. The Balaban J connectivity index is 2.13. The maximum absolute atomic E-state index is 10.9. The first-order chi connectivity index (χ1) is 13.4. The average molecular weight is 382 g/mol. The van der Waals surface area contributed by atoms with E-state index in [1.807, 2.05) is 0 Å². The highest BCUT2D eigenvalue weighted by Crippen LogP contribution is 2.16. The minimum absolute atomic E-state index is 0.143. The molecule has 2 rings (SSSR count). The van der Waals surface area contributed by atoms with E-state index in [-0.39, 0.29) is 34.2 Å². The van der Waals surface area contributed by atoms with Gasteiger partial charge in [0.1, 0.15) is 0 Å². The summed E-state index contributed by atoms with van der Waals surface area (Å²) in [6.45, 7) is 0. The number of nitro benzene ring substituents is 2. The quantitative estimate of drug-likeness (QED) is 0.330. The number of hydrogen-bond acceptors (Lipinski definition) is 8. The van der Waals surface area contributed by atoms with E-state index in [2.05, 4.69) is 20.4 Å². The fraction of sp³-hybridized carbons (Fsp3) is 0. The summed E-state index contributed by atoms with van der Waals surface area (Å²) in [5, 5.41) is 36.3. The number of nitro groups is 2. The summed E-state index contributed by atoms with van der Waals surface area (Å²) >= 11 is 0. The Morgan fingerprint density at radius 2 is 1.11 bits per heavy atom. The number of hydrogen-bond donors (Lipinski definition) is 2. The lowest BCUT2D eigenvalue weighted by Gasteiger charge is -1.96. The van der Waals surface area contributed by atoms with Crippen LogP contribution < -0.4 is 11.5 Å². The lowest BCUT2D eigenvalue weighted by Crippen LogP contribution is -2.30. The molecule has 12 heteroatoms. The topological polar surface area (TPSA) is 188 Å². The second-order valence-electron chi connectivity index (χ2n) is 5.09. The predicted octanol–water partition coefficient (Wildman–Crippen LogP) is 1.59. The van der Waals surface area contributed by atoms with Gasteiger partial charge in [0, 0.05) is 12.1 Å². The highest BCUT2D eigenvalue weighted by Gasteiger charge is 2.10. The fourth-order valence-electron chi connectivity index (χ4n) is 1.93. The van der Waals surface area contributed by atoms with Gasteiger partial charge in [0.2, 0.25) is 0 Å². The van der Waals surface area contributed by atoms with Gasteiger partial charge in [-0.2, -0.15) is 10.2 Å². The molecule has 12 nitrogen and oxygen atoms in total. The SMILES string of the molecule is NC(=N/N=C\c1ccccc1[N+](=O)[O-])C(N)=N/N=C/c1ccccc1[N+](=O)[O-]. The van der Waals surface area contributed by atoms with Crippen LogP contribution in [0, 0.1) is 20.2 Å². The van der Waals surface area contributed by atoms with E-state index >= 15 is 0 Å². The van der Waals surface area contributed by atoms with E-state index in [1.165, 1.54) is 36.4 Å². The van der Waals surface area contributed by atoms with Gasteiger partial charge in [-0.15, -0.1) is 10.2 Å². The minimum atomic E-state index is -0.554. The van der Waals surface area contributed by atoms with Gasteiger partial charge in [0.25, 0.3) is 11.4 Å². The molecule has 2 aromatic carbocycles. The molecule has 142 valence electrons. The van der Waals surface area contributed by atoms with Crippen LogP contribution >= 0.6 is 0 Å². The molecular weight excluding hydrogens is 368 g/mol. The fourth-order valence-corrected chi connectivity index (χ4v) is 1.93. The molecule has 0 aliphatic rings. The second-order valence-corrected chi connectivity index (χ2v) is 5.09. The van der Waals surface area contributed by atoms with Crippen molar-refractivity contribution in [2.24, 2.45) is 31.9 Å². The zero-order valence-electron chi connectivity index (χ0n) is 14.2. The molecule has 0 spiro atoms. The van der Waals surface area contributed by atoms with Crippen LogP contribution in [0.2, 0.25) is 0 Å². The van der Waals surface area contributed by atoms with Crippen molar-refractivity contribution in [3.05, 3.63) is 79.9 Å². The monoisotopic (exact) mass is 382 g/mol. The number of nitrogens with zero attached hydrogens (tertiary/aromatic N) is 6. The molecule has 0 radical (unpaired) electrons. The second kappa shape index (κ2) is 9.28. The molecule has 4 N–H and O–H groups in total. The zero-order chi connectivity index (χ0) is 20.5. The lowest BCUT2D eigenvalue weighted by atomic mass is 10.2. The van der Waals surface area contributed by atoms with Crippen LogP contribution in [0.15, 0.2) is 68.9 Å². The van der Waals surface area contributed by atoms with Crippen LogP contribution in [-0.4, -0.2) is 33.9 Å². The van der Waals surface area contributed by atoms with E-state index < -0.39 is 9.85 Å². The van der Waals surface area contributed by atoms with Crippen LogP contribution in [-0.2, 0) is 0 Å². The van der Waals surface area contributed by atoms with Crippen molar-refractivity contribution in [3.8, 4) is 0 Å². The molecule has 0 aliphatic carbocycles. The van der Waals surface area contributed by atoms with Crippen LogP contribution in [0.1, 0.15) is 11.1 Å². The molecule has 28 heavy (non-hydrogen) atoms. The Hall–Kier alpha value is -4.48. The average Bonchev–Trinajstić information content (AvgIpc) is 2.68. The van der Waals surface area contributed by atoms with Crippen LogP contribution in [0.3, 0.4) is 0 Å². The molecule has 0 aromatic heterocycles. The zero-order valence-corrected chi connectivity index (χ0v) is 14.2. The summed E-state index contributed by atoms with van der Waals surface area (Å²) in [5.74, 6) is -0.566. The molecule has 0 saturated heterocycles. The third-order valence-corrected chi connectivity index (χ3v) is 3.25. The van der Waals surface area contributed by atoms with Gasteiger partial charge in [-0.05, 0) is 12.1 Å². The molecule has 0 heterocycles. The molecular formula is C16H14N8O4.